The summed E-state index contributed by atoms with van der Waals surface area (Å²) in [5.41, 5.74) is 0.464. The zero-order chi connectivity index (χ0) is 20.8. The SMILES string of the molecule is CC(C)C(C)NC(=O)c1csc(CN(C(=O)Nc2ccccc2F)C(C)C)n1. The van der Waals surface area contributed by atoms with Gasteiger partial charge in [-0.25, -0.2) is 14.2 Å². The minimum atomic E-state index is -0.493. The van der Waals surface area contributed by atoms with Gasteiger partial charge in [0.25, 0.3) is 5.91 Å². The van der Waals surface area contributed by atoms with E-state index in [0.29, 0.717) is 16.6 Å². The van der Waals surface area contributed by atoms with Crippen LogP contribution in [-0.4, -0.2) is 33.9 Å². The Kier molecular flexibility index (Phi) is 7.51. The average Bonchev–Trinajstić information content (AvgIpc) is 3.10. The fourth-order valence-electron chi connectivity index (χ4n) is 2.32. The van der Waals surface area contributed by atoms with Gasteiger partial charge in [-0.05, 0) is 38.8 Å². The van der Waals surface area contributed by atoms with Crippen molar-refractivity contribution in [2.45, 2.75) is 53.2 Å². The summed E-state index contributed by atoms with van der Waals surface area (Å²) in [6.45, 7) is 9.98. The first kappa shape index (κ1) is 21.8. The van der Waals surface area contributed by atoms with Crippen molar-refractivity contribution in [3.63, 3.8) is 0 Å². The van der Waals surface area contributed by atoms with Crippen molar-refractivity contribution in [2.75, 3.05) is 5.32 Å². The van der Waals surface area contributed by atoms with Crippen LogP contribution in [0.2, 0.25) is 0 Å². The number of para-hydroxylation sites is 1. The maximum atomic E-state index is 13.8. The van der Waals surface area contributed by atoms with Gasteiger partial charge in [0.05, 0.1) is 12.2 Å². The van der Waals surface area contributed by atoms with Crippen LogP contribution >= 0.6 is 11.3 Å². The number of urea groups is 1. The van der Waals surface area contributed by atoms with E-state index in [1.165, 1.54) is 23.5 Å². The molecule has 0 aliphatic carbocycles. The molecule has 2 aromatic rings. The summed E-state index contributed by atoms with van der Waals surface area (Å²) in [4.78, 5) is 30.8. The quantitative estimate of drug-likeness (QED) is 0.711. The van der Waals surface area contributed by atoms with Crippen molar-refractivity contribution < 1.29 is 14.0 Å². The van der Waals surface area contributed by atoms with E-state index in [0.717, 1.165) is 0 Å². The highest BCUT2D eigenvalue weighted by atomic mass is 32.1. The Hall–Kier alpha value is -2.48. The van der Waals surface area contributed by atoms with Crippen molar-refractivity contribution in [3.05, 3.63) is 46.2 Å². The van der Waals surface area contributed by atoms with E-state index < -0.39 is 11.8 Å². The number of hydrogen-bond donors (Lipinski definition) is 2. The summed E-state index contributed by atoms with van der Waals surface area (Å²) in [6, 6.07) is 5.50. The van der Waals surface area contributed by atoms with Gasteiger partial charge < -0.3 is 15.5 Å². The molecule has 2 N–H and O–H groups in total. The molecule has 28 heavy (non-hydrogen) atoms. The molecular weight excluding hydrogens is 379 g/mol. The molecule has 8 heteroatoms. The molecule has 0 aliphatic rings. The predicted octanol–water partition coefficient (Wildman–Crippen LogP) is 4.50. The van der Waals surface area contributed by atoms with Gasteiger partial charge in [-0.2, -0.15) is 0 Å². The number of carbonyl (C=O) groups excluding carboxylic acids is 2. The fraction of sp³-hybridized carbons (Fsp3) is 0.450. The van der Waals surface area contributed by atoms with Gasteiger partial charge in [-0.15, -0.1) is 11.3 Å². The van der Waals surface area contributed by atoms with Gasteiger partial charge in [0, 0.05) is 17.5 Å². The predicted molar refractivity (Wildman–Crippen MR) is 110 cm³/mol. The van der Waals surface area contributed by atoms with Crippen LogP contribution in [0.3, 0.4) is 0 Å². The fourth-order valence-corrected chi connectivity index (χ4v) is 3.09. The van der Waals surface area contributed by atoms with E-state index in [9.17, 15) is 14.0 Å². The summed E-state index contributed by atoms with van der Waals surface area (Å²) >= 11 is 1.32. The molecule has 0 radical (unpaired) electrons. The Bertz CT molecular complexity index is 822. The summed E-state index contributed by atoms with van der Waals surface area (Å²) in [7, 11) is 0. The smallest absolute Gasteiger partial charge is 0.322 e. The van der Waals surface area contributed by atoms with E-state index in [2.05, 4.69) is 15.6 Å². The Labute approximate surface area is 169 Å². The third kappa shape index (κ3) is 5.76. The Balaban J connectivity index is 2.06. The number of thiazole rings is 1. The van der Waals surface area contributed by atoms with Crippen LogP contribution in [0.5, 0.6) is 0 Å². The third-order valence-electron chi connectivity index (χ3n) is 4.45. The van der Waals surface area contributed by atoms with Crippen molar-refractivity contribution in [1.29, 1.82) is 0 Å². The topological polar surface area (TPSA) is 74.3 Å². The number of nitrogens with one attached hydrogen (secondary N) is 2. The number of carbonyl (C=O) groups is 2. The molecule has 2 rings (SSSR count). The highest BCUT2D eigenvalue weighted by Gasteiger charge is 2.21. The van der Waals surface area contributed by atoms with Crippen LogP contribution in [0.25, 0.3) is 0 Å². The van der Waals surface area contributed by atoms with E-state index in [4.69, 9.17) is 0 Å². The molecule has 1 unspecified atom stereocenters. The first-order chi connectivity index (χ1) is 13.2. The minimum Gasteiger partial charge on any atom is -0.348 e. The molecule has 0 saturated heterocycles. The number of nitrogens with zero attached hydrogens (tertiary/aromatic N) is 2. The average molecular weight is 407 g/mol. The van der Waals surface area contributed by atoms with Crippen molar-refractivity contribution in [2.24, 2.45) is 5.92 Å². The zero-order valence-electron chi connectivity index (χ0n) is 16.8. The van der Waals surface area contributed by atoms with Crippen LogP contribution in [0.1, 0.15) is 50.1 Å². The first-order valence-electron chi connectivity index (χ1n) is 9.26. The molecule has 1 atom stereocenters. The monoisotopic (exact) mass is 406 g/mol. The highest BCUT2D eigenvalue weighted by molar-refractivity contribution is 7.09. The minimum absolute atomic E-state index is 0.0383. The highest BCUT2D eigenvalue weighted by Crippen LogP contribution is 2.18. The van der Waals surface area contributed by atoms with Crippen LogP contribution in [0.15, 0.2) is 29.6 Å². The van der Waals surface area contributed by atoms with E-state index in [1.54, 1.807) is 22.4 Å². The van der Waals surface area contributed by atoms with Gasteiger partial charge in [-0.3, -0.25) is 4.79 Å². The van der Waals surface area contributed by atoms with Gasteiger partial charge in [-0.1, -0.05) is 26.0 Å². The molecule has 0 spiro atoms. The summed E-state index contributed by atoms with van der Waals surface area (Å²) in [5.74, 6) is -0.400. The molecule has 6 nitrogen and oxygen atoms in total. The lowest BCUT2D eigenvalue weighted by molar-refractivity contribution is 0.0926. The lowest BCUT2D eigenvalue weighted by Crippen LogP contribution is -2.39. The van der Waals surface area contributed by atoms with Crippen LogP contribution < -0.4 is 10.6 Å². The first-order valence-corrected chi connectivity index (χ1v) is 10.1. The Morgan fingerprint density at radius 2 is 1.86 bits per heavy atom. The van der Waals surface area contributed by atoms with Crippen molar-refractivity contribution in [3.8, 4) is 0 Å². The number of hydrogen-bond acceptors (Lipinski definition) is 4. The zero-order valence-corrected chi connectivity index (χ0v) is 17.6. The van der Waals surface area contributed by atoms with Gasteiger partial charge in [0.15, 0.2) is 0 Å². The lowest BCUT2D eigenvalue weighted by Gasteiger charge is -2.26. The van der Waals surface area contributed by atoms with Gasteiger partial charge >= 0.3 is 6.03 Å². The van der Waals surface area contributed by atoms with Crippen LogP contribution in [0.4, 0.5) is 14.9 Å². The largest absolute Gasteiger partial charge is 0.348 e. The molecule has 1 heterocycles. The van der Waals surface area contributed by atoms with E-state index in [-0.39, 0.29) is 30.2 Å². The molecular formula is C20H27FN4O2S. The number of rotatable bonds is 7. The number of amides is 3. The van der Waals surface area contributed by atoms with Crippen molar-refractivity contribution in [1.82, 2.24) is 15.2 Å². The summed E-state index contributed by atoms with van der Waals surface area (Å²) in [5, 5.41) is 7.83. The molecule has 0 aliphatic heterocycles. The maximum Gasteiger partial charge on any atom is 0.322 e. The van der Waals surface area contributed by atoms with E-state index >= 15 is 0 Å². The van der Waals surface area contributed by atoms with Crippen LogP contribution in [0, 0.1) is 11.7 Å². The molecule has 1 aromatic heterocycles. The standard InChI is InChI=1S/C20H27FN4O2S/c1-12(2)14(5)22-19(26)17-11-28-18(23-17)10-25(13(3)4)20(27)24-16-9-7-6-8-15(16)21/h6-9,11-14H,10H2,1-5H3,(H,22,26)(H,24,27). The molecule has 1 aromatic carbocycles. The van der Waals surface area contributed by atoms with E-state index in [1.807, 2.05) is 34.6 Å². The summed E-state index contributed by atoms with van der Waals surface area (Å²) < 4.78 is 13.8. The second kappa shape index (κ2) is 9.64. The lowest BCUT2D eigenvalue weighted by atomic mass is 10.1. The Morgan fingerprint density at radius 1 is 1.18 bits per heavy atom. The number of benzene rings is 1. The maximum absolute atomic E-state index is 13.8. The normalized spacial score (nSPS) is 12.1. The van der Waals surface area contributed by atoms with Gasteiger partial charge in [0.1, 0.15) is 16.5 Å². The molecule has 152 valence electrons. The molecule has 0 bridgehead atoms. The number of anilines is 1. The number of halogens is 1. The van der Waals surface area contributed by atoms with Crippen LogP contribution in [-0.2, 0) is 6.54 Å². The second-order valence-corrected chi connectivity index (χ2v) is 8.21. The molecule has 3 amide bonds. The molecule has 0 saturated carbocycles. The number of aromatic nitrogens is 1. The molecule has 0 fully saturated rings. The third-order valence-corrected chi connectivity index (χ3v) is 5.28. The second-order valence-electron chi connectivity index (χ2n) is 7.26. The van der Waals surface area contributed by atoms with Crippen molar-refractivity contribution >= 4 is 29.0 Å². The van der Waals surface area contributed by atoms with Gasteiger partial charge in [0.2, 0.25) is 0 Å². The Morgan fingerprint density at radius 3 is 2.46 bits per heavy atom. The summed E-state index contributed by atoms with van der Waals surface area (Å²) in [6.07, 6.45) is 0.